The zero-order valence-corrected chi connectivity index (χ0v) is 10.6. The van der Waals surface area contributed by atoms with E-state index in [4.69, 9.17) is 16.3 Å². The van der Waals surface area contributed by atoms with Gasteiger partial charge < -0.3 is 9.64 Å². The molecule has 0 aromatic heterocycles. The van der Waals surface area contributed by atoms with Gasteiger partial charge in [0.15, 0.2) is 0 Å². The van der Waals surface area contributed by atoms with Gasteiger partial charge in [0.05, 0.1) is 12.3 Å². The molecule has 0 saturated heterocycles. The summed E-state index contributed by atoms with van der Waals surface area (Å²) in [7, 11) is 0. The fraction of sp³-hybridized carbons (Fsp3) is 0.462. The van der Waals surface area contributed by atoms with Crippen molar-refractivity contribution in [3.05, 3.63) is 24.3 Å². The van der Waals surface area contributed by atoms with Gasteiger partial charge in [-0.1, -0.05) is 19.1 Å². The van der Waals surface area contributed by atoms with E-state index in [2.05, 4.69) is 0 Å². The Bertz CT molecular complexity index is 408. The lowest BCUT2D eigenvalue weighted by molar-refractivity contribution is -0.121. The molecule has 1 aliphatic rings. The van der Waals surface area contributed by atoms with Gasteiger partial charge >= 0.3 is 0 Å². The topological polar surface area (TPSA) is 29.5 Å². The van der Waals surface area contributed by atoms with Crippen LogP contribution in [-0.4, -0.2) is 24.9 Å². The molecule has 3 nitrogen and oxygen atoms in total. The van der Waals surface area contributed by atoms with Crippen LogP contribution in [0, 0.1) is 5.92 Å². The molecule has 1 unspecified atom stereocenters. The van der Waals surface area contributed by atoms with Crippen LogP contribution in [0.5, 0.6) is 5.75 Å². The van der Waals surface area contributed by atoms with Crippen LogP contribution in [0.1, 0.15) is 13.3 Å². The summed E-state index contributed by atoms with van der Waals surface area (Å²) in [6.45, 7) is 3.19. The highest BCUT2D eigenvalue weighted by Gasteiger charge is 2.25. The number of alkyl halides is 1. The van der Waals surface area contributed by atoms with E-state index in [9.17, 15) is 4.79 Å². The molecule has 1 aromatic carbocycles. The SMILES string of the molecule is CC(CCl)C(=O)N1CCCOc2ccccc21. The first-order valence-corrected chi connectivity index (χ1v) is 6.36. The minimum atomic E-state index is -0.164. The van der Waals surface area contributed by atoms with Crippen LogP contribution in [0.4, 0.5) is 5.69 Å². The number of amides is 1. The lowest BCUT2D eigenvalue weighted by atomic mass is 10.1. The monoisotopic (exact) mass is 253 g/mol. The third kappa shape index (κ3) is 2.55. The fourth-order valence-electron chi connectivity index (χ4n) is 1.89. The first kappa shape index (κ1) is 12.2. The van der Waals surface area contributed by atoms with E-state index < -0.39 is 0 Å². The Labute approximate surface area is 106 Å². The molecule has 1 amide bonds. The van der Waals surface area contributed by atoms with E-state index in [0.29, 0.717) is 19.0 Å². The lowest BCUT2D eigenvalue weighted by Crippen LogP contribution is -2.36. The van der Waals surface area contributed by atoms with Gasteiger partial charge in [-0.2, -0.15) is 0 Å². The Morgan fingerprint density at radius 3 is 3.06 bits per heavy atom. The third-order valence-electron chi connectivity index (χ3n) is 2.86. The van der Waals surface area contributed by atoms with Gasteiger partial charge in [0.1, 0.15) is 5.75 Å². The predicted octanol–water partition coefficient (Wildman–Crippen LogP) is 2.68. The van der Waals surface area contributed by atoms with Crippen molar-refractivity contribution in [3.63, 3.8) is 0 Å². The maximum atomic E-state index is 12.2. The highest BCUT2D eigenvalue weighted by Crippen LogP contribution is 2.31. The maximum absolute atomic E-state index is 12.2. The summed E-state index contributed by atoms with van der Waals surface area (Å²) in [5, 5.41) is 0. The van der Waals surface area contributed by atoms with E-state index in [1.807, 2.05) is 31.2 Å². The summed E-state index contributed by atoms with van der Waals surface area (Å²) in [6, 6.07) is 7.64. The number of para-hydroxylation sites is 2. The van der Waals surface area contributed by atoms with Crippen LogP contribution < -0.4 is 9.64 Å². The molecule has 0 radical (unpaired) electrons. The number of halogens is 1. The number of ether oxygens (including phenoxy) is 1. The van der Waals surface area contributed by atoms with Gasteiger partial charge in [-0.25, -0.2) is 0 Å². The molecule has 0 saturated carbocycles. The summed E-state index contributed by atoms with van der Waals surface area (Å²) in [5.74, 6) is 1.03. The van der Waals surface area contributed by atoms with Gasteiger partial charge in [-0.3, -0.25) is 4.79 Å². The molecule has 0 aliphatic carbocycles. The average Bonchev–Trinajstić information content (AvgIpc) is 2.59. The molecule has 0 N–H and O–H groups in total. The molecule has 1 aromatic rings. The number of anilines is 1. The Balaban J connectivity index is 2.31. The predicted molar refractivity (Wildman–Crippen MR) is 68.8 cm³/mol. The highest BCUT2D eigenvalue weighted by atomic mass is 35.5. The van der Waals surface area contributed by atoms with E-state index >= 15 is 0 Å². The normalized spacial score (nSPS) is 16.7. The second kappa shape index (κ2) is 5.41. The van der Waals surface area contributed by atoms with Gasteiger partial charge in [0.2, 0.25) is 5.91 Å². The quantitative estimate of drug-likeness (QED) is 0.759. The van der Waals surface area contributed by atoms with Crippen molar-refractivity contribution in [2.45, 2.75) is 13.3 Å². The van der Waals surface area contributed by atoms with Crippen molar-refractivity contribution in [2.75, 3.05) is 23.9 Å². The first-order valence-electron chi connectivity index (χ1n) is 5.83. The summed E-state index contributed by atoms with van der Waals surface area (Å²) < 4.78 is 5.62. The number of nitrogens with zero attached hydrogens (tertiary/aromatic N) is 1. The van der Waals surface area contributed by atoms with Crippen LogP contribution in [0.3, 0.4) is 0 Å². The molecule has 0 bridgehead atoms. The van der Waals surface area contributed by atoms with Gasteiger partial charge in [-0.05, 0) is 18.6 Å². The van der Waals surface area contributed by atoms with Crippen LogP contribution >= 0.6 is 11.6 Å². The van der Waals surface area contributed by atoms with Crippen molar-refractivity contribution >= 4 is 23.2 Å². The molecule has 92 valence electrons. The molecular formula is C13H16ClNO2. The number of hydrogen-bond donors (Lipinski definition) is 0. The summed E-state index contributed by atoms with van der Waals surface area (Å²) >= 11 is 5.76. The van der Waals surface area contributed by atoms with Gasteiger partial charge in [0, 0.05) is 18.3 Å². The van der Waals surface area contributed by atoms with E-state index in [0.717, 1.165) is 17.9 Å². The van der Waals surface area contributed by atoms with Crippen molar-refractivity contribution in [2.24, 2.45) is 5.92 Å². The van der Waals surface area contributed by atoms with E-state index in [-0.39, 0.29) is 11.8 Å². The van der Waals surface area contributed by atoms with E-state index in [1.165, 1.54) is 0 Å². The van der Waals surface area contributed by atoms with Crippen molar-refractivity contribution in [1.29, 1.82) is 0 Å². The summed E-state index contributed by atoms with van der Waals surface area (Å²) in [4.78, 5) is 14.0. The zero-order chi connectivity index (χ0) is 12.3. The fourth-order valence-corrected chi connectivity index (χ4v) is 2.02. The smallest absolute Gasteiger partial charge is 0.231 e. The molecule has 1 heterocycles. The number of benzene rings is 1. The van der Waals surface area contributed by atoms with E-state index in [1.54, 1.807) is 4.90 Å². The molecule has 2 rings (SSSR count). The average molecular weight is 254 g/mol. The van der Waals surface area contributed by atoms with Crippen LogP contribution in [0.15, 0.2) is 24.3 Å². The third-order valence-corrected chi connectivity index (χ3v) is 3.32. The molecule has 0 spiro atoms. The molecule has 4 heteroatoms. The molecular weight excluding hydrogens is 238 g/mol. The second-order valence-corrected chi connectivity index (χ2v) is 4.52. The highest BCUT2D eigenvalue weighted by molar-refractivity contribution is 6.19. The molecule has 0 fully saturated rings. The molecule has 1 aliphatic heterocycles. The minimum absolute atomic E-state index is 0.0675. The Morgan fingerprint density at radius 2 is 2.29 bits per heavy atom. The van der Waals surface area contributed by atoms with Gasteiger partial charge in [0.25, 0.3) is 0 Å². The van der Waals surface area contributed by atoms with Crippen molar-refractivity contribution in [3.8, 4) is 5.75 Å². The number of carbonyl (C=O) groups is 1. The number of fused-ring (bicyclic) bond motifs is 1. The van der Waals surface area contributed by atoms with Gasteiger partial charge in [-0.15, -0.1) is 11.6 Å². The number of rotatable bonds is 2. The van der Waals surface area contributed by atoms with Crippen LogP contribution in [0.25, 0.3) is 0 Å². The largest absolute Gasteiger partial charge is 0.491 e. The Kier molecular flexibility index (Phi) is 3.89. The Hall–Kier alpha value is -1.22. The number of hydrogen-bond acceptors (Lipinski definition) is 2. The second-order valence-electron chi connectivity index (χ2n) is 4.21. The van der Waals surface area contributed by atoms with Crippen molar-refractivity contribution in [1.82, 2.24) is 0 Å². The minimum Gasteiger partial charge on any atom is -0.491 e. The Morgan fingerprint density at radius 1 is 1.53 bits per heavy atom. The number of carbonyl (C=O) groups excluding carboxylic acids is 1. The standard InChI is InChI=1S/C13H16ClNO2/c1-10(9-14)13(16)15-7-4-8-17-12-6-3-2-5-11(12)15/h2-3,5-6,10H,4,7-9H2,1H3. The molecule has 17 heavy (non-hydrogen) atoms. The van der Waals surface area contributed by atoms with Crippen molar-refractivity contribution < 1.29 is 9.53 Å². The maximum Gasteiger partial charge on any atom is 0.231 e. The lowest BCUT2D eigenvalue weighted by Gasteiger charge is -2.24. The molecule has 1 atom stereocenters. The first-order chi connectivity index (χ1) is 8.24. The summed E-state index contributed by atoms with van der Waals surface area (Å²) in [6.07, 6.45) is 0.843. The zero-order valence-electron chi connectivity index (χ0n) is 9.86. The summed E-state index contributed by atoms with van der Waals surface area (Å²) in [5.41, 5.74) is 0.854. The van der Waals surface area contributed by atoms with Crippen LogP contribution in [-0.2, 0) is 4.79 Å². The van der Waals surface area contributed by atoms with Crippen LogP contribution in [0.2, 0.25) is 0 Å².